The molecule has 0 radical (unpaired) electrons. The number of amides is 1. The van der Waals surface area contributed by atoms with Crippen LogP contribution in [0.2, 0.25) is 0 Å². The summed E-state index contributed by atoms with van der Waals surface area (Å²) in [5.74, 6) is -0.976. The van der Waals surface area contributed by atoms with E-state index < -0.39 is 12.6 Å². The Hall–Kier alpha value is -3.29. The number of aryl methyl sites for hydroxylation is 1. The summed E-state index contributed by atoms with van der Waals surface area (Å²) in [4.78, 5) is 27.9. The Morgan fingerprint density at radius 3 is 2.57 bits per heavy atom. The van der Waals surface area contributed by atoms with Gasteiger partial charge < -0.3 is 15.2 Å². The SMILES string of the molecule is Cc1ccc(Nc2nc(-c3ccc(C(=O)N/N=C\c4cc(Br)c(OCC(=O)O)c(I)c4)cc3)cs2)cc1. The fourth-order valence-electron chi connectivity index (χ4n) is 3.17. The van der Waals surface area contributed by atoms with Crippen molar-refractivity contribution < 1.29 is 19.4 Å². The number of carboxylic acid groups (broad SMARTS) is 1. The number of benzene rings is 3. The van der Waals surface area contributed by atoms with Gasteiger partial charge in [-0.3, -0.25) is 4.79 Å². The first kappa shape index (κ1) is 26.8. The Morgan fingerprint density at radius 2 is 1.89 bits per heavy atom. The highest BCUT2D eigenvalue weighted by atomic mass is 127. The van der Waals surface area contributed by atoms with Crippen LogP contribution in [0.3, 0.4) is 0 Å². The van der Waals surface area contributed by atoms with E-state index in [2.05, 4.69) is 36.8 Å². The zero-order valence-corrected chi connectivity index (χ0v) is 23.9. The number of rotatable bonds is 9. The van der Waals surface area contributed by atoms with Crippen LogP contribution < -0.4 is 15.5 Å². The zero-order chi connectivity index (χ0) is 26.4. The lowest BCUT2D eigenvalue weighted by Crippen LogP contribution is -2.17. The molecular weight excluding hydrogens is 671 g/mol. The van der Waals surface area contributed by atoms with Gasteiger partial charge in [0, 0.05) is 22.2 Å². The number of thiazole rings is 1. The number of anilines is 2. The summed E-state index contributed by atoms with van der Waals surface area (Å²) in [6.07, 6.45) is 1.50. The number of nitrogens with one attached hydrogen (secondary N) is 2. The summed E-state index contributed by atoms with van der Waals surface area (Å²) in [6, 6.07) is 18.7. The van der Waals surface area contributed by atoms with Crippen LogP contribution in [0.4, 0.5) is 10.8 Å². The van der Waals surface area contributed by atoms with Crippen LogP contribution in [0, 0.1) is 10.5 Å². The largest absolute Gasteiger partial charge is 0.480 e. The van der Waals surface area contributed by atoms with Crippen molar-refractivity contribution in [3.8, 4) is 17.0 Å². The molecule has 0 spiro atoms. The molecule has 188 valence electrons. The Bertz CT molecular complexity index is 1430. The Labute approximate surface area is 239 Å². The summed E-state index contributed by atoms with van der Waals surface area (Å²) in [5, 5.41) is 18.9. The molecule has 0 fully saturated rings. The van der Waals surface area contributed by atoms with Crippen LogP contribution >= 0.6 is 49.9 Å². The van der Waals surface area contributed by atoms with Crippen molar-refractivity contribution in [2.45, 2.75) is 6.92 Å². The molecule has 0 saturated heterocycles. The molecule has 11 heteroatoms. The second kappa shape index (κ2) is 12.3. The minimum absolute atomic E-state index is 0.349. The molecule has 4 rings (SSSR count). The molecule has 0 aliphatic carbocycles. The Kier molecular flexibility index (Phi) is 8.90. The lowest BCUT2D eigenvalue weighted by Gasteiger charge is -2.09. The monoisotopic (exact) mass is 690 g/mol. The number of ether oxygens (including phenoxy) is 1. The third kappa shape index (κ3) is 7.37. The third-order valence-electron chi connectivity index (χ3n) is 4.99. The van der Waals surface area contributed by atoms with Gasteiger partial charge in [0.15, 0.2) is 11.7 Å². The van der Waals surface area contributed by atoms with Crippen LogP contribution in [-0.4, -0.2) is 34.8 Å². The average molecular weight is 691 g/mol. The molecule has 1 heterocycles. The molecule has 0 atom stereocenters. The molecule has 0 bridgehead atoms. The zero-order valence-electron chi connectivity index (χ0n) is 19.4. The lowest BCUT2D eigenvalue weighted by molar-refractivity contribution is -0.139. The molecule has 3 N–H and O–H groups in total. The number of hydrogen-bond donors (Lipinski definition) is 3. The van der Waals surface area contributed by atoms with Crippen LogP contribution in [0.15, 0.2) is 75.6 Å². The van der Waals surface area contributed by atoms with Gasteiger partial charge in [-0.1, -0.05) is 29.8 Å². The van der Waals surface area contributed by atoms with Gasteiger partial charge in [-0.25, -0.2) is 15.2 Å². The molecule has 8 nitrogen and oxygen atoms in total. The van der Waals surface area contributed by atoms with Crippen molar-refractivity contribution in [3.63, 3.8) is 0 Å². The number of hydrazone groups is 1. The number of halogens is 2. The van der Waals surface area contributed by atoms with Gasteiger partial charge in [0.25, 0.3) is 5.91 Å². The smallest absolute Gasteiger partial charge is 0.341 e. The van der Waals surface area contributed by atoms with E-state index in [1.165, 1.54) is 23.1 Å². The summed E-state index contributed by atoms with van der Waals surface area (Å²) in [6.45, 7) is 1.61. The number of aliphatic carboxylic acids is 1. The van der Waals surface area contributed by atoms with Crippen molar-refractivity contribution in [3.05, 3.63) is 90.8 Å². The molecule has 3 aromatic carbocycles. The van der Waals surface area contributed by atoms with Gasteiger partial charge in [-0.15, -0.1) is 11.3 Å². The topological polar surface area (TPSA) is 113 Å². The minimum atomic E-state index is -1.06. The van der Waals surface area contributed by atoms with Crippen molar-refractivity contribution in [1.29, 1.82) is 0 Å². The number of carbonyl (C=O) groups is 2. The van der Waals surface area contributed by atoms with Gasteiger partial charge in [0.1, 0.15) is 5.75 Å². The molecular formula is C26H20BrIN4O4S. The maximum atomic E-state index is 12.5. The maximum Gasteiger partial charge on any atom is 0.341 e. The van der Waals surface area contributed by atoms with E-state index in [4.69, 9.17) is 9.84 Å². The minimum Gasteiger partial charge on any atom is -0.480 e. The maximum absolute atomic E-state index is 12.5. The predicted octanol–water partition coefficient (Wildman–Crippen LogP) is 6.46. The second-order valence-corrected chi connectivity index (χ2v) is 10.7. The average Bonchev–Trinajstić information content (AvgIpc) is 3.33. The predicted molar refractivity (Wildman–Crippen MR) is 157 cm³/mol. The molecule has 0 unspecified atom stereocenters. The summed E-state index contributed by atoms with van der Waals surface area (Å²) >= 11 is 6.93. The van der Waals surface area contributed by atoms with E-state index in [0.29, 0.717) is 24.9 Å². The van der Waals surface area contributed by atoms with Crippen LogP contribution in [0.1, 0.15) is 21.5 Å². The summed E-state index contributed by atoms with van der Waals surface area (Å²) in [7, 11) is 0. The number of hydrogen-bond acceptors (Lipinski definition) is 7. The van der Waals surface area contributed by atoms with E-state index in [1.807, 2.05) is 71.3 Å². The van der Waals surface area contributed by atoms with Gasteiger partial charge in [-0.2, -0.15) is 5.10 Å². The quantitative estimate of drug-likeness (QED) is 0.106. The Morgan fingerprint density at radius 1 is 1.16 bits per heavy atom. The standard InChI is InChI=1S/C26H20BrIN4O4S/c1-15-2-8-19(9-3-15)30-26-31-22(14-37-26)17-4-6-18(7-5-17)25(35)32-29-12-16-10-20(27)24(21(28)11-16)36-13-23(33)34/h2-12,14H,13H2,1H3,(H,30,31)(H,32,35)(H,33,34)/b29-12-. The van der Waals surface area contributed by atoms with Gasteiger partial charge in [-0.05, 0) is 87.4 Å². The third-order valence-corrected chi connectivity index (χ3v) is 7.14. The van der Waals surface area contributed by atoms with Crippen LogP contribution in [0.25, 0.3) is 11.3 Å². The number of carboxylic acids is 1. The van der Waals surface area contributed by atoms with Crippen LogP contribution in [0.5, 0.6) is 5.75 Å². The van der Waals surface area contributed by atoms with Gasteiger partial charge in [0.2, 0.25) is 0 Å². The number of carbonyl (C=O) groups excluding carboxylic acids is 1. The number of nitrogens with zero attached hydrogens (tertiary/aromatic N) is 2. The highest BCUT2D eigenvalue weighted by Gasteiger charge is 2.11. The highest BCUT2D eigenvalue weighted by Crippen LogP contribution is 2.31. The van der Waals surface area contributed by atoms with Gasteiger partial charge in [0.05, 0.1) is 20.0 Å². The molecule has 1 amide bonds. The van der Waals surface area contributed by atoms with Crippen molar-refractivity contribution in [2.24, 2.45) is 5.10 Å². The first-order chi connectivity index (χ1) is 17.8. The van der Waals surface area contributed by atoms with E-state index in [0.717, 1.165) is 22.1 Å². The Balaban J connectivity index is 1.35. The number of aromatic nitrogens is 1. The lowest BCUT2D eigenvalue weighted by atomic mass is 10.1. The normalized spacial score (nSPS) is 10.9. The molecule has 37 heavy (non-hydrogen) atoms. The first-order valence-electron chi connectivity index (χ1n) is 10.8. The molecule has 0 aliphatic rings. The molecule has 0 aliphatic heterocycles. The van der Waals surface area contributed by atoms with E-state index in [-0.39, 0.29) is 5.91 Å². The first-order valence-corrected chi connectivity index (χ1v) is 13.6. The van der Waals surface area contributed by atoms with Crippen LogP contribution in [-0.2, 0) is 4.79 Å². The summed E-state index contributed by atoms with van der Waals surface area (Å²) < 4.78 is 6.57. The van der Waals surface area contributed by atoms with Crippen molar-refractivity contribution >= 4 is 78.8 Å². The molecule has 0 saturated carbocycles. The van der Waals surface area contributed by atoms with E-state index in [1.54, 1.807) is 24.3 Å². The summed E-state index contributed by atoms with van der Waals surface area (Å²) in [5.41, 5.74) is 7.57. The molecule has 1 aromatic heterocycles. The fourth-order valence-corrected chi connectivity index (χ4v) is 5.68. The van der Waals surface area contributed by atoms with Gasteiger partial charge >= 0.3 is 5.97 Å². The van der Waals surface area contributed by atoms with Crippen molar-refractivity contribution in [1.82, 2.24) is 10.4 Å². The van der Waals surface area contributed by atoms with E-state index in [9.17, 15) is 9.59 Å². The van der Waals surface area contributed by atoms with E-state index >= 15 is 0 Å². The highest BCUT2D eigenvalue weighted by molar-refractivity contribution is 14.1. The molecule has 4 aromatic rings. The fraction of sp³-hybridized carbons (Fsp3) is 0.0769. The van der Waals surface area contributed by atoms with Crippen molar-refractivity contribution in [2.75, 3.05) is 11.9 Å². The second-order valence-electron chi connectivity index (χ2n) is 7.80.